The Bertz CT molecular complexity index is 446. The fraction of sp³-hybridized carbons (Fsp3) is 0.933. The van der Waals surface area contributed by atoms with Gasteiger partial charge in [-0.15, -0.1) is 0 Å². The minimum absolute atomic E-state index is 0.0588. The van der Waals surface area contributed by atoms with Crippen molar-refractivity contribution in [3.63, 3.8) is 0 Å². The van der Waals surface area contributed by atoms with Gasteiger partial charge in [-0.25, -0.2) is 8.42 Å². The van der Waals surface area contributed by atoms with Gasteiger partial charge in [0.15, 0.2) is 0 Å². The molecular weight excluding hydrogens is 274 g/mol. The lowest BCUT2D eigenvalue weighted by Gasteiger charge is -2.21. The van der Waals surface area contributed by atoms with Crippen LogP contribution >= 0.6 is 0 Å². The van der Waals surface area contributed by atoms with E-state index in [1.165, 1.54) is 19.3 Å². The van der Waals surface area contributed by atoms with Crippen molar-refractivity contribution in [3.8, 4) is 0 Å². The lowest BCUT2D eigenvalue weighted by Crippen LogP contribution is -2.35. The Morgan fingerprint density at radius 2 is 2.05 bits per heavy atom. The molecule has 0 radical (unpaired) electrons. The van der Waals surface area contributed by atoms with Gasteiger partial charge < -0.3 is 0 Å². The van der Waals surface area contributed by atoms with Crippen LogP contribution in [0.15, 0.2) is 0 Å². The monoisotopic (exact) mass is 301 g/mol. The number of nitrogens with one attached hydrogen (secondary N) is 1. The number of carbonyl (C=O) groups excluding carboxylic acids is 1. The average Bonchev–Trinajstić information content (AvgIpc) is 2.88. The van der Waals surface area contributed by atoms with E-state index in [2.05, 4.69) is 4.72 Å². The van der Waals surface area contributed by atoms with Gasteiger partial charge in [0.2, 0.25) is 15.9 Å². The van der Waals surface area contributed by atoms with Crippen LogP contribution in [0.1, 0.15) is 58.8 Å². The zero-order chi connectivity index (χ0) is 14.8. The third-order valence-corrected chi connectivity index (χ3v) is 6.43. The molecule has 4 atom stereocenters. The van der Waals surface area contributed by atoms with E-state index in [9.17, 15) is 13.2 Å². The van der Waals surface area contributed by atoms with Crippen molar-refractivity contribution in [2.24, 2.45) is 23.7 Å². The third kappa shape index (κ3) is 4.21. The summed E-state index contributed by atoms with van der Waals surface area (Å²) in [7, 11) is -3.46. The van der Waals surface area contributed by atoms with Gasteiger partial charge in [0, 0.05) is 6.42 Å². The molecular formula is C15H27NO3S. The van der Waals surface area contributed by atoms with Crippen LogP contribution in [-0.2, 0) is 14.8 Å². The summed E-state index contributed by atoms with van der Waals surface area (Å²) >= 11 is 0. The zero-order valence-corrected chi connectivity index (χ0v) is 13.4. The minimum atomic E-state index is -3.46. The quantitative estimate of drug-likeness (QED) is 0.786. The van der Waals surface area contributed by atoms with E-state index in [1.54, 1.807) is 0 Å². The van der Waals surface area contributed by atoms with Crippen molar-refractivity contribution in [1.29, 1.82) is 0 Å². The highest BCUT2D eigenvalue weighted by Crippen LogP contribution is 2.49. The molecule has 0 heterocycles. The summed E-state index contributed by atoms with van der Waals surface area (Å²) in [5.74, 6) is 1.73. The van der Waals surface area contributed by atoms with Crippen molar-refractivity contribution in [3.05, 3.63) is 0 Å². The summed E-state index contributed by atoms with van der Waals surface area (Å²) in [5.41, 5.74) is 0. The topological polar surface area (TPSA) is 63.2 Å². The highest BCUT2D eigenvalue weighted by Gasteiger charge is 2.40. The Morgan fingerprint density at radius 3 is 2.60 bits per heavy atom. The Kier molecular flexibility index (Phi) is 5.10. The maximum Gasteiger partial charge on any atom is 0.235 e. The van der Waals surface area contributed by atoms with Crippen molar-refractivity contribution in [2.75, 3.05) is 5.75 Å². The first-order valence-corrected chi connectivity index (χ1v) is 9.58. The Labute approximate surface area is 122 Å². The molecule has 0 aromatic heterocycles. The van der Waals surface area contributed by atoms with Crippen LogP contribution in [0, 0.1) is 23.7 Å². The van der Waals surface area contributed by atoms with E-state index in [0.29, 0.717) is 18.3 Å². The number of amides is 1. The summed E-state index contributed by atoms with van der Waals surface area (Å²) in [6, 6.07) is 0. The van der Waals surface area contributed by atoms with Crippen molar-refractivity contribution in [1.82, 2.24) is 4.72 Å². The molecule has 0 aromatic carbocycles. The van der Waals surface area contributed by atoms with Gasteiger partial charge in [0.1, 0.15) is 0 Å². The number of hydrogen-bond donors (Lipinski definition) is 1. The summed E-state index contributed by atoms with van der Waals surface area (Å²) in [6.07, 6.45) is 7.13. The number of rotatable bonds is 7. The fourth-order valence-corrected chi connectivity index (χ4v) is 5.50. The Hall–Kier alpha value is -0.580. The first-order chi connectivity index (χ1) is 9.39. The lowest BCUT2D eigenvalue weighted by atomic mass is 9.86. The van der Waals surface area contributed by atoms with E-state index in [1.807, 2.05) is 13.8 Å². The zero-order valence-electron chi connectivity index (χ0n) is 12.6. The smallest absolute Gasteiger partial charge is 0.235 e. The number of fused-ring (bicyclic) bond motifs is 2. The standard InChI is InChI=1S/C15H27NO3S/c1-3-4-11(2)10-20(18,19)16-15(17)9-14-8-12-5-6-13(14)7-12/h11-14H,3-10H2,1-2H3,(H,16,17). The molecule has 0 saturated heterocycles. The van der Waals surface area contributed by atoms with Gasteiger partial charge in [-0.2, -0.15) is 0 Å². The van der Waals surface area contributed by atoms with E-state index in [4.69, 9.17) is 0 Å². The molecule has 2 saturated carbocycles. The molecule has 4 unspecified atom stereocenters. The van der Waals surface area contributed by atoms with E-state index < -0.39 is 10.0 Å². The normalized spacial score (nSPS) is 30.4. The molecule has 2 rings (SSSR count). The molecule has 2 fully saturated rings. The first-order valence-electron chi connectivity index (χ1n) is 7.93. The third-order valence-electron chi connectivity index (χ3n) is 4.89. The first kappa shape index (κ1) is 15.8. The van der Waals surface area contributed by atoms with Gasteiger partial charge in [-0.3, -0.25) is 9.52 Å². The largest absolute Gasteiger partial charge is 0.274 e. The molecule has 20 heavy (non-hydrogen) atoms. The fourth-order valence-electron chi connectivity index (χ4n) is 4.07. The summed E-state index contributed by atoms with van der Waals surface area (Å²) in [5, 5.41) is 0. The second-order valence-corrected chi connectivity index (χ2v) is 8.61. The van der Waals surface area contributed by atoms with Crippen LogP contribution in [0.4, 0.5) is 0 Å². The number of carbonyl (C=O) groups is 1. The molecule has 1 amide bonds. The Balaban J connectivity index is 1.78. The second-order valence-electron chi connectivity index (χ2n) is 6.84. The maximum absolute atomic E-state index is 11.9. The molecule has 1 N–H and O–H groups in total. The van der Waals surface area contributed by atoms with Gasteiger partial charge in [-0.1, -0.05) is 26.7 Å². The van der Waals surface area contributed by atoms with Gasteiger partial charge in [0.25, 0.3) is 0 Å². The van der Waals surface area contributed by atoms with Crippen LogP contribution in [0.3, 0.4) is 0 Å². The van der Waals surface area contributed by atoms with Crippen LogP contribution in [0.2, 0.25) is 0 Å². The molecule has 2 aliphatic carbocycles. The molecule has 0 spiro atoms. The SMILES string of the molecule is CCCC(C)CS(=O)(=O)NC(=O)CC1CC2CCC1C2. The number of sulfonamides is 1. The minimum Gasteiger partial charge on any atom is -0.274 e. The summed E-state index contributed by atoms with van der Waals surface area (Å²) in [6.45, 7) is 3.96. The average molecular weight is 301 g/mol. The predicted molar refractivity (Wildman–Crippen MR) is 79.6 cm³/mol. The Morgan fingerprint density at radius 1 is 1.30 bits per heavy atom. The molecule has 0 aromatic rings. The van der Waals surface area contributed by atoms with Crippen LogP contribution in [0.25, 0.3) is 0 Å². The lowest BCUT2D eigenvalue weighted by molar-refractivity contribution is -0.120. The molecule has 4 nitrogen and oxygen atoms in total. The van der Waals surface area contributed by atoms with Crippen molar-refractivity contribution < 1.29 is 13.2 Å². The summed E-state index contributed by atoms with van der Waals surface area (Å²) < 4.78 is 26.1. The summed E-state index contributed by atoms with van der Waals surface area (Å²) in [4.78, 5) is 11.9. The van der Waals surface area contributed by atoms with E-state index >= 15 is 0 Å². The van der Waals surface area contributed by atoms with Gasteiger partial charge >= 0.3 is 0 Å². The molecule has 2 bridgehead atoms. The predicted octanol–water partition coefficient (Wildman–Crippen LogP) is 2.69. The van der Waals surface area contributed by atoms with Crippen molar-refractivity contribution >= 4 is 15.9 Å². The number of hydrogen-bond acceptors (Lipinski definition) is 3. The van der Waals surface area contributed by atoms with Crippen LogP contribution in [0.5, 0.6) is 0 Å². The van der Waals surface area contributed by atoms with Crippen LogP contribution in [-0.4, -0.2) is 20.1 Å². The van der Waals surface area contributed by atoms with Gasteiger partial charge in [0.05, 0.1) is 5.75 Å². The molecule has 5 heteroatoms. The van der Waals surface area contributed by atoms with Gasteiger partial charge in [-0.05, 0) is 49.4 Å². The van der Waals surface area contributed by atoms with E-state index in [0.717, 1.165) is 25.2 Å². The highest BCUT2D eigenvalue weighted by atomic mass is 32.2. The second kappa shape index (κ2) is 6.46. The molecule has 2 aliphatic rings. The van der Waals surface area contributed by atoms with Crippen LogP contribution < -0.4 is 4.72 Å². The van der Waals surface area contributed by atoms with E-state index in [-0.39, 0.29) is 17.6 Å². The molecule has 0 aliphatic heterocycles. The maximum atomic E-state index is 11.9. The van der Waals surface area contributed by atoms with Crippen molar-refractivity contribution in [2.45, 2.75) is 58.8 Å². The highest BCUT2D eigenvalue weighted by molar-refractivity contribution is 7.90. The molecule has 116 valence electrons.